The molecule has 0 bridgehead atoms. The van der Waals surface area contributed by atoms with E-state index >= 15 is 0 Å². The van der Waals surface area contributed by atoms with Crippen molar-refractivity contribution in [1.82, 2.24) is 14.9 Å². The number of H-pyrrole nitrogens is 1. The number of halogens is 1. The molecule has 0 saturated heterocycles. The average molecular weight is 387 g/mol. The second kappa shape index (κ2) is 4.90. The molecule has 1 atom stereocenters. The predicted molar refractivity (Wildman–Crippen MR) is 85.7 cm³/mol. The molecule has 0 spiro atoms. The van der Waals surface area contributed by atoms with Crippen molar-refractivity contribution in [3.63, 3.8) is 0 Å². The van der Waals surface area contributed by atoms with Gasteiger partial charge in [-0.2, -0.15) is 0 Å². The number of fused-ring (bicyclic) bond motifs is 1. The summed E-state index contributed by atoms with van der Waals surface area (Å²) >= 11 is 7.61. The second-order valence-electron chi connectivity index (χ2n) is 4.92. The van der Waals surface area contributed by atoms with E-state index < -0.39 is 0 Å². The second-order valence-corrected chi connectivity index (χ2v) is 6.55. The van der Waals surface area contributed by atoms with E-state index in [0.29, 0.717) is 10.8 Å². The number of rotatable bonds is 3. The van der Waals surface area contributed by atoms with Crippen molar-refractivity contribution in [2.24, 2.45) is 0 Å². The molecule has 1 saturated carbocycles. The van der Waals surface area contributed by atoms with E-state index in [1.807, 2.05) is 29.7 Å². The van der Waals surface area contributed by atoms with Crippen molar-refractivity contribution in [2.45, 2.75) is 31.8 Å². The molecule has 6 heteroatoms. The third-order valence-electron chi connectivity index (χ3n) is 3.37. The Morgan fingerprint density at radius 1 is 1.58 bits per heavy atom. The Labute approximate surface area is 129 Å². The number of nitrogens with zero attached hydrogens (tertiary/aromatic N) is 1. The molecule has 1 aliphatic carbocycles. The summed E-state index contributed by atoms with van der Waals surface area (Å²) in [6, 6.07) is 6.14. The molecule has 0 aliphatic heterocycles. The topological polar surface area (TPSA) is 49.8 Å². The predicted octanol–water partition coefficient (Wildman–Crippen LogP) is 3.14. The van der Waals surface area contributed by atoms with E-state index in [1.54, 1.807) is 0 Å². The number of aromatic amines is 1. The lowest BCUT2D eigenvalue weighted by Gasteiger charge is -2.14. The van der Waals surface area contributed by atoms with Crippen LogP contribution in [0.4, 0.5) is 0 Å². The van der Waals surface area contributed by atoms with Crippen LogP contribution in [0.5, 0.6) is 0 Å². The fourth-order valence-electron chi connectivity index (χ4n) is 2.15. The lowest BCUT2D eigenvalue weighted by Crippen LogP contribution is -2.32. The van der Waals surface area contributed by atoms with Crippen LogP contribution in [0.25, 0.3) is 11.0 Å². The van der Waals surface area contributed by atoms with E-state index in [-0.39, 0.29) is 11.9 Å². The summed E-state index contributed by atoms with van der Waals surface area (Å²) in [6.07, 6.45) is 2.19. The molecular formula is C13H14IN3OS. The SMILES string of the molecule is CC(C(=O)NC1CC1)n1c(=S)[nH]c2cc(I)ccc21. The molecule has 3 rings (SSSR count). The lowest BCUT2D eigenvalue weighted by atomic mass is 10.2. The highest BCUT2D eigenvalue weighted by Crippen LogP contribution is 2.23. The van der Waals surface area contributed by atoms with Gasteiger partial charge in [0.25, 0.3) is 0 Å². The molecule has 0 radical (unpaired) electrons. The number of amides is 1. The molecule has 4 nitrogen and oxygen atoms in total. The zero-order chi connectivity index (χ0) is 13.6. The fraction of sp³-hybridized carbons (Fsp3) is 0.385. The third kappa shape index (κ3) is 2.55. The molecule has 1 aliphatic rings. The lowest BCUT2D eigenvalue weighted by molar-refractivity contribution is -0.123. The van der Waals surface area contributed by atoms with Crippen molar-refractivity contribution in [1.29, 1.82) is 0 Å². The van der Waals surface area contributed by atoms with Crippen LogP contribution in [0.2, 0.25) is 0 Å². The van der Waals surface area contributed by atoms with Crippen LogP contribution in [0.1, 0.15) is 25.8 Å². The summed E-state index contributed by atoms with van der Waals surface area (Å²) in [5.41, 5.74) is 1.95. The Hall–Kier alpha value is -0.890. The minimum absolute atomic E-state index is 0.0399. The molecule has 100 valence electrons. The number of hydrogen-bond donors (Lipinski definition) is 2. The smallest absolute Gasteiger partial charge is 0.243 e. The van der Waals surface area contributed by atoms with E-state index in [9.17, 15) is 4.79 Å². The summed E-state index contributed by atoms with van der Waals surface area (Å²) in [5, 5.41) is 3.02. The van der Waals surface area contributed by atoms with E-state index in [1.165, 1.54) is 0 Å². The van der Waals surface area contributed by atoms with Gasteiger partial charge in [-0.3, -0.25) is 4.79 Å². The van der Waals surface area contributed by atoms with Crippen LogP contribution >= 0.6 is 34.8 Å². The third-order valence-corrected chi connectivity index (χ3v) is 4.34. The van der Waals surface area contributed by atoms with Crippen LogP contribution in [0.15, 0.2) is 18.2 Å². The van der Waals surface area contributed by atoms with E-state index in [2.05, 4.69) is 32.9 Å². The molecule has 1 aromatic carbocycles. The van der Waals surface area contributed by atoms with Gasteiger partial charge >= 0.3 is 0 Å². The van der Waals surface area contributed by atoms with Crippen molar-refractivity contribution in [3.8, 4) is 0 Å². The van der Waals surface area contributed by atoms with Gasteiger partial charge < -0.3 is 14.9 Å². The van der Waals surface area contributed by atoms with Gasteiger partial charge in [-0.25, -0.2) is 0 Å². The van der Waals surface area contributed by atoms with Gasteiger partial charge in [0.2, 0.25) is 5.91 Å². The van der Waals surface area contributed by atoms with Gasteiger partial charge in [0.05, 0.1) is 11.0 Å². The molecule has 1 heterocycles. The van der Waals surface area contributed by atoms with Crippen LogP contribution in [-0.4, -0.2) is 21.5 Å². The number of carbonyl (C=O) groups excluding carboxylic acids is 1. The highest BCUT2D eigenvalue weighted by atomic mass is 127. The van der Waals surface area contributed by atoms with Gasteiger partial charge in [0.15, 0.2) is 4.77 Å². The van der Waals surface area contributed by atoms with Gasteiger partial charge in [0, 0.05) is 9.61 Å². The standard InChI is InChI=1S/C13H14IN3OS/c1-7(12(18)15-9-3-4-9)17-11-5-2-8(14)6-10(11)16-13(17)19/h2,5-7,9H,3-4H2,1H3,(H,15,18)(H,16,19). The van der Waals surface area contributed by atoms with E-state index in [0.717, 1.165) is 27.4 Å². The first-order chi connectivity index (χ1) is 9.06. The maximum atomic E-state index is 12.2. The largest absolute Gasteiger partial charge is 0.352 e. The van der Waals surface area contributed by atoms with Gasteiger partial charge in [-0.05, 0) is 72.8 Å². The summed E-state index contributed by atoms with van der Waals surface area (Å²) in [4.78, 5) is 15.3. The molecule has 1 aromatic heterocycles. The average Bonchev–Trinajstić information content (AvgIpc) is 3.10. The number of nitrogens with one attached hydrogen (secondary N) is 2. The quantitative estimate of drug-likeness (QED) is 0.628. The molecule has 19 heavy (non-hydrogen) atoms. The number of hydrogen-bond acceptors (Lipinski definition) is 2. The Balaban J connectivity index is 2.01. The van der Waals surface area contributed by atoms with Crippen LogP contribution in [0.3, 0.4) is 0 Å². The maximum Gasteiger partial charge on any atom is 0.243 e. The minimum atomic E-state index is -0.290. The van der Waals surface area contributed by atoms with Gasteiger partial charge in [-0.1, -0.05) is 0 Å². The molecule has 2 N–H and O–H groups in total. The summed E-state index contributed by atoms with van der Waals surface area (Å²) < 4.78 is 3.62. The number of benzene rings is 1. The summed E-state index contributed by atoms with van der Waals surface area (Å²) in [5.74, 6) is 0.0399. The Morgan fingerprint density at radius 3 is 3.00 bits per heavy atom. The van der Waals surface area contributed by atoms with Crippen molar-refractivity contribution in [3.05, 3.63) is 26.5 Å². The van der Waals surface area contributed by atoms with Crippen molar-refractivity contribution in [2.75, 3.05) is 0 Å². The normalized spacial score (nSPS) is 16.5. The zero-order valence-corrected chi connectivity index (χ0v) is 13.4. The fourth-order valence-corrected chi connectivity index (χ4v) is 3.01. The number of imidazole rings is 1. The first-order valence-corrected chi connectivity index (χ1v) is 7.75. The number of carbonyl (C=O) groups is 1. The molecule has 1 fully saturated rings. The summed E-state index contributed by atoms with van der Waals surface area (Å²) in [7, 11) is 0. The Morgan fingerprint density at radius 2 is 2.32 bits per heavy atom. The monoisotopic (exact) mass is 387 g/mol. The molecule has 1 amide bonds. The first-order valence-electron chi connectivity index (χ1n) is 6.26. The van der Waals surface area contributed by atoms with Crippen LogP contribution in [-0.2, 0) is 4.79 Å². The van der Waals surface area contributed by atoms with Crippen LogP contribution in [0, 0.1) is 8.34 Å². The zero-order valence-electron chi connectivity index (χ0n) is 10.4. The summed E-state index contributed by atoms with van der Waals surface area (Å²) in [6.45, 7) is 1.89. The van der Waals surface area contributed by atoms with Gasteiger partial charge in [0.1, 0.15) is 6.04 Å². The van der Waals surface area contributed by atoms with Crippen LogP contribution < -0.4 is 5.32 Å². The Bertz CT molecular complexity index is 701. The van der Waals surface area contributed by atoms with Crippen molar-refractivity contribution < 1.29 is 4.79 Å². The minimum Gasteiger partial charge on any atom is -0.352 e. The van der Waals surface area contributed by atoms with Gasteiger partial charge in [-0.15, -0.1) is 0 Å². The highest BCUT2D eigenvalue weighted by Gasteiger charge is 2.27. The highest BCUT2D eigenvalue weighted by molar-refractivity contribution is 14.1. The molecule has 2 aromatic rings. The van der Waals surface area contributed by atoms with Crippen molar-refractivity contribution >= 4 is 51.7 Å². The molecule has 1 unspecified atom stereocenters. The number of aromatic nitrogens is 2. The Kier molecular flexibility index (Phi) is 3.38. The molecular weight excluding hydrogens is 373 g/mol. The first kappa shape index (κ1) is 13.1. The van der Waals surface area contributed by atoms with E-state index in [4.69, 9.17) is 12.2 Å². The maximum absolute atomic E-state index is 12.2.